The highest BCUT2D eigenvalue weighted by Crippen LogP contribution is 2.28. The van der Waals surface area contributed by atoms with Gasteiger partial charge < -0.3 is 15.0 Å². The van der Waals surface area contributed by atoms with Crippen molar-refractivity contribution >= 4 is 5.69 Å². The number of aromatic nitrogens is 1. The Kier molecular flexibility index (Phi) is 5.88. The van der Waals surface area contributed by atoms with Gasteiger partial charge in [-0.15, -0.1) is 0 Å². The van der Waals surface area contributed by atoms with Gasteiger partial charge in [0, 0.05) is 43.8 Å². The average Bonchev–Trinajstić information content (AvgIpc) is 2.79. The number of hydrogen-bond acceptors (Lipinski definition) is 4. The lowest BCUT2D eigenvalue weighted by Gasteiger charge is -2.34. The van der Waals surface area contributed by atoms with Crippen LogP contribution in [0.1, 0.15) is 18.4 Å². The maximum absolute atomic E-state index is 5.37. The van der Waals surface area contributed by atoms with Gasteiger partial charge in [0.2, 0.25) is 0 Å². The first-order valence-corrected chi connectivity index (χ1v) is 9.93. The summed E-state index contributed by atoms with van der Waals surface area (Å²) in [5.41, 5.74) is 4.96. The fourth-order valence-electron chi connectivity index (χ4n) is 3.79. The summed E-state index contributed by atoms with van der Waals surface area (Å²) in [6.45, 7) is 3.04. The van der Waals surface area contributed by atoms with E-state index in [1.807, 2.05) is 30.6 Å². The largest absolute Gasteiger partial charge is 0.497 e. The second-order valence-corrected chi connectivity index (χ2v) is 7.29. The molecule has 1 N–H and O–H groups in total. The minimum atomic E-state index is 0.568. The number of ether oxygens (including phenoxy) is 1. The van der Waals surface area contributed by atoms with Crippen LogP contribution in [0.3, 0.4) is 0 Å². The highest BCUT2D eigenvalue weighted by atomic mass is 16.5. The first-order valence-electron chi connectivity index (χ1n) is 9.93. The van der Waals surface area contributed by atoms with E-state index >= 15 is 0 Å². The first kappa shape index (κ1) is 18.5. The topological polar surface area (TPSA) is 37.4 Å². The van der Waals surface area contributed by atoms with E-state index in [4.69, 9.17) is 4.74 Å². The zero-order valence-electron chi connectivity index (χ0n) is 16.3. The molecule has 0 spiro atoms. The van der Waals surface area contributed by atoms with Gasteiger partial charge in [0.05, 0.1) is 7.11 Å². The standard InChI is InChI=1S/C24H27N3O/c1-28-24-9-3-7-21(16-24)20-6-2-8-23(15-20)27-13-10-22(11-14-27)26-18-19-5-4-12-25-17-19/h2-9,12,15-17,22,26H,10-11,13-14,18H2,1H3. The molecule has 1 aliphatic heterocycles. The highest BCUT2D eigenvalue weighted by Gasteiger charge is 2.19. The van der Waals surface area contributed by atoms with Crippen LogP contribution in [-0.2, 0) is 6.54 Å². The zero-order chi connectivity index (χ0) is 19.2. The summed E-state index contributed by atoms with van der Waals surface area (Å²) in [4.78, 5) is 6.68. The van der Waals surface area contributed by atoms with Crippen molar-refractivity contribution in [3.05, 3.63) is 78.6 Å². The quantitative estimate of drug-likeness (QED) is 0.690. The Labute approximate surface area is 167 Å². The second kappa shape index (κ2) is 8.89. The van der Waals surface area contributed by atoms with E-state index in [9.17, 15) is 0 Å². The molecule has 1 aromatic heterocycles. The molecule has 0 unspecified atom stereocenters. The van der Waals surface area contributed by atoms with Gasteiger partial charge in [-0.05, 0) is 59.9 Å². The minimum absolute atomic E-state index is 0.568. The van der Waals surface area contributed by atoms with E-state index in [2.05, 4.69) is 57.7 Å². The maximum atomic E-state index is 5.37. The van der Waals surface area contributed by atoms with Crippen LogP contribution in [0.2, 0.25) is 0 Å². The lowest BCUT2D eigenvalue weighted by molar-refractivity contribution is 0.414. The van der Waals surface area contributed by atoms with Crippen molar-refractivity contribution in [2.75, 3.05) is 25.1 Å². The monoisotopic (exact) mass is 373 g/mol. The number of rotatable bonds is 6. The molecule has 28 heavy (non-hydrogen) atoms. The third-order valence-electron chi connectivity index (χ3n) is 5.43. The van der Waals surface area contributed by atoms with Crippen LogP contribution in [0.25, 0.3) is 11.1 Å². The number of nitrogens with one attached hydrogen (secondary N) is 1. The molecule has 4 rings (SSSR count). The van der Waals surface area contributed by atoms with E-state index in [0.29, 0.717) is 6.04 Å². The number of methoxy groups -OCH3 is 1. The number of pyridine rings is 1. The number of piperidine rings is 1. The molecule has 3 aromatic rings. The summed E-state index contributed by atoms with van der Waals surface area (Å²) in [7, 11) is 1.71. The van der Waals surface area contributed by atoms with Crippen LogP contribution in [-0.4, -0.2) is 31.2 Å². The van der Waals surface area contributed by atoms with Gasteiger partial charge in [-0.25, -0.2) is 0 Å². The Morgan fingerprint density at radius 3 is 2.54 bits per heavy atom. The first-order chi connectivity index (χ1) is 13.8. The van der Waals surface area contributed by atoms with Gasteiger partial charge in [0.15, 0.2) is 0 Å². The predicted molar refractivity (Wildman–Crippen MR) is 115 cm³/mol. The summed E-state index contributed by atoms with van der Waals surface area (Å²) in [6.07, 6.45) is 6.07. The molecule has 1 aliphatic rings. The summed E-state index contributed by atoms with van der Waals surface area (Å²) in [5, 5.41) is 3.68. The van der Waals surface area contributed by atoms with Crippen molar-refractivity contribution < 1.29 is 4.74 Å². The molecule has 0 amide bonds. The summed E-state index contributed by atoms with van der Waals surface area (Å²) in [6, 6.07) is 21.8. The van der Waals surface area contributed by atoms with Gasteiger partial charge in [0.1, 0.15) is 5.75 Å². The Hall–Kier alpha value is -2.85. The zero-order valence-corrected chi connectivity index (χ0v) is 16.3. The minimum Gasteiger partial charge on any atom is -0.497 e. The number of nitrogens with zero attached hydrogens (tertiary/aromatic N) is 2. The molecule has 0 atom stereocenters. The Morgan fingerprint density at radius 1 is 1.00 bits per heavy atom. The van der Waals surface area contributed by atoms with Crippen molar-refractivity contribution in [2.24, 2.45) is 0 Å². The molecule has 0 radical (unpaired) electrons. The van der Waals surface area contributed by atoms with E-state index in [1.54, 1.807) is 7.11 Å². The summed E-state index contributed by atoms with van der Waals surface area (Å²) in [5.74, 6) is 0.892. The van der Waals surface area contributed by atoms with Crippen molar-refractivity contribution in [1.29, 1.82) is 0 Å². The van der Waals surface area contributed by atoms with Crippen LogP contribution in [0.5, 0.6) is 5.75 Å². The molecule has 144 valence electrons. The van der Waals surface area contributed by atoms with Crippen molar-refractivity contribution in [1.82, 2.24) is 10.3 Å². The fraction of sp³-hybridized carbons (Fsp3) is 0.292. The second-order valence-electron chi connectivity index (χ2n) is 7.29. The van der Waals surface area contributed by atoms with E-state index in [1.165, 1.54) is 22.4 Å². The van der Waals surface area contributed by atoms with Gasteiger partial charge in [-0.2, -0.15) is 0 Å². The SMILES string of the molecule is COc1cccc(-c2cccc(N3CCC(NCc4cccnc4)CC3)c2)c1. The number of hydrogen-bond donors (Lipinski definition) is 1. The lowest BCUT2D eigenvalue weighted by atomic mass is 10.0. The lowest BCUT2D eigenvalue weighted by Crippen LogP contribution is -2.42. The third kappa shape index (κ3) is 4.52. The normalized spacial score (nSPS) is 14.8. The molecule has 1 fully saturated rings. The Balaban J connectivity index is 1.37. The molecule has 4 nitrogen and oxygen atoms in total. The molecular formula is C24H27N3O. The van der Waals surface area contributed by atoms with Crippen molar-refractivity contribution in [2.45, 2.75) is 25.4 Å². The average molecular weight is 374 g/mol. The molecule has 0 aliphatic carbocycles. The number of benzene rings is 2. The van der Waals surface area contributed by atoms with Gasteiger partial charge in [-0.3, -0.25) is 4.98 Å². The van der Waals surface area contributed by atoms with E-state index in [-0.39, 0.29) is 0 Å². The molecule has 4 heteroatoms. The molecule has 0 bridgehead atoms. The molecule has 2 heterocycles. The number of anilines is 1. The summed E-state index contributed by atoms with van der Waals surface area (Å²) >= 11 is 0. The van der Waals surface area contributed by atoms with Crippen LogP contribution in [0.4, 0.5) is 5.69 Å². The van der Waals surface area contributed by atoms with Crippen molar-refractivity contribution in [3.8, 4) is 16.9 Å². The predicted octanol–water partition coefficient (Wildman–Crippen LogP) is 4.52. The molecule has 0 saturated carbocycles. The van der Waals surface area contributed by atoms with Crippen LogP contribution < -0.4 is 15.0 Å². The van der Waals surface area contributed by atoms with Crippen molar-refractivity contribution in [3.63, 3.8) is 0 Å². The third-order valence-corrected chi connectivity index (χ3v) is 5.43. The molecule has 2 aromatic carbocycles. The Bertz CT molecular complexity index is 889. The summed E-state index contributed by atoms with van der Waals surface area (Å²) < 4.78 is 5.37. The fourth-order valence-corrected chi connectivity index (χ4v) is 3.79. The van der Waals surface area contributed by atoms with Crippen LogP contribution in [0, 0.1) is 0 Å². The maximum Gasteiger partial charge on any atom is 0.119 e. The van der Waals surface area contributed by atoms with Gasteiger partial charge >= 0.3 is 0 Å². The molecular weight excluding hydrogens is 346 g/mol. The van der Waals surface area contributed by atoms with Crippen LogP contribution >= 0.6 is 0 Å². The molecule has 1 saturated heterocycles. The van der Waals surface area contributed by atoms with Crippen LogP contribution in [0.15, 0.2) is 73.1 Å². The van der Waals surface area contributed by atoms with Gasteiger partial charge in [0.25, 0.3) is 0 Å². The smallest absolute Gasteiger partial charge is 0.119 e. The van der Waals surface area contributed by atoms with Gasteiger partial charge in [-0.1, -0.05) is 30.3 Å². The van der Waals surface area contributed by atoms with E-state index < -0.39 is 0 Å². The highest BCUT2D eigenvalue weighted by molar-refractivity contribution is 5.69. The Morgan fingerprint density at radius 2 is 1.79 bits per heavy atom. The van der Waals surface area contributed by atoms with E-state index in [0.717, 1.165) is 38.2 Å².